The van der Waals surface area contributed by atoms with Gasteiger partial charge in [-0.25, -0.2) is 4.79 Å². The lowest BCUT2D eigenvalue weighted by atomic mass is 10.0. The molecule has 9 nitrogen and oxygen atoms in total. The topological polar surface area (TPSA) is 108 Å². The average Bonchev–Trinajstić information content (AvgIpc) is 3.24. The molecule has 2 atom stereocenters. The molecule has 2 unspecified atom stereocenters. The zero-order valence-electron chi connectivity index (χ0n) is 42.5. The molecule has 0 bridgehead atoms. The highest BCUT2D eigenvalue weighted by Crippen LogP contribution is 2.17. The van der Waals surface area contributed by atoms with Crippen LogP contribution < -0.4 is 0 Å². The predicted octanol–water partition coefficient (Wildman–Crippen LogP) is 15.2. The summed E-state index contributed by atoms with van der Waals surface area (Å²) in [6.45, 7) is 4.91. The van der Waals surface area contributed by atoms with Crippen molar-refractivity contribution in [3.63, 3.8) is 0 Å². The summed E-state index contributed by atoms with van der Waals surface area (Å²) >= 11 is 0. The highest BCUT2D eigenvalue weighted by atomic mass is 16.7. The maximum atomic E-state index is 12.8. The normalized spacial score (nSPS) is 12.7. The van der Waals surface area contributed by atoms with Gasteiger partial charge in [-0.3, -0.25) is 9.59 Å². The number of carboxylic acids is 1. The Morgan fingerprint density at radius 2 is 0.714 bits per heavy atom. The number of hydrogen-bond acceptors (Lipinski definition) is 7. The summed E-state index contributed by atoms with van der Waals surface area (Å²) in [7, 11) is 5.97. The van der Waals surface area contributed by atoms with Gasteiger partial charge in [-0.2, -0.15) is 0 Å². The van der Waals surface area contributed by atoms with E-state index in [0.717, 1.165) is 38.5 Å². The number of carbonyl (C=O) groups is 3. The first-order valence-corrected chi connectivity index (χ1v) is 27.2. The summed E-state index contributed by atoms with van der Waals surface area (Å²) in [6, 6.07) is 0. The van der Waals surface area contributed by atoms with E-state index in [-0.39, 0.29) is 38.2 Å². The number of likely N-dealkylation sites (N-methyl/N-ethyl adjacent to an activating group) is 1. The Hall–Kier alpha value is -1.71. The Kier molecular flexibility index (Phi) is 45.5. The fraction of sp³-hybridized carbons (Fsp3) is 0.944. The zero-order valence-corrected chi connectivity index (χ0v) is 42.5. The van der Waals surface area contributed by atoms with Gasteiger partial charge in [-0.1, -0.05) is 245 Å². The number of aliphatic carboxylic acids is 1. The number of esters is 2. The molecule has 374 valence electrons. The maximum absolute atomic E-state index is 12.8. The minimum Gasteiger partial charge on any atom is -0.477 e. The van der Waals surface area contributed by atoms with Gasteiger partial charge >= 0.3 is 17.9 Å². The Balaban J connectivity index is 4.06. The SMILES string of the molecule is CCCCCCCCCCCCCCCCCCCCCCCCCCCCCCC(=O)OC(COC(=O)CCCCCCCCCCCC)COC(OCC[N+](C)(C)C)C(=O)O. The van der Waals surface area contributed by atoms with E-state index < -0.39 is 18.4 Å². The molecular weight excluding hydrogens is 791 g/mol. The fourth-order valence-corrected chi connectivity index (χ4v) is 8.13. The Morgan fingerprint density at radius 1 is 0.413 bits per heavy atom. The minimum absolute atomic E-state index is 0.173. The molecule has 9 heteroatoms. The Labute approximate surface area is 390 Å². The van der Waals surface area contributed by atoms with Crippen LogP contribution >= 0.6 is 0 Å². The number of quaternary nitrogens is 1. The third kappa shape index (κ3) is 48.1. The van der Waals surface area contributed by atoms with E-state index in [0.29, 0.717) is 17.4 Å². The molecule has 1 N–H and O–H groups in total. The summed E-state index contributed by atoms with van der Waals surface area (Å²) in [5, 5.41) is 9.65. The van der Waals surface area contributed by atoms with E-state index in [1.165, 1.54) is 205 Å². The third-order valence-corrected chi connectivity index (χ3v) is 12.4. The molecule has 0 heterocycles. The van der Waals surface area contributed by atoms with Crippen molar-refractivity contribution in [2.45, 2.75) is 283 Å². The summed E-state index contributed by atoms with van der Waals surface area (Å²) in [5.74, 6) is -1.98. The van der Waals surface area contributed by atoms with Crippen molar-refractivity contribution in [3.8, 4) is 0 Å². The van der Waals surface area contributed by atoms with Gasteiger partial charge in [0.25, 0.3) is 6.29 Å². The first-order chi connectivity index (χ1) is 30.6. The van der Waals surface area contributed by atoms with E-state index in [4.69, 9.17) is 18.9 Å². The smallest absolute Gasteiger partial charge is 0.361 e. The molecule has 0 aromatic rings. The summed E-state index contributed by atoms with van der Waals surface area (Å²) in [6.07, 6.45) is 47.7. The second kappa shape index (κ2) is 46.8. The van der Waals surface area contributed by atoms with Gasteiger partial charge in [-0.05, 0) is 12.8 Å². The van der Waals surface area contributed by atoms with Crippen LogP contribution in [0, 0.1) is 0 Å². The van der Waals surface area contributed by atoms with Crippen LogP contribution in [0.25, 0.3) is 0 Å². The van der Waals surface area contributed by atoms with Crippen LogP contribution in [0.2, 0.25) is 0 Å². The van der Waals surface area contributed by atoms with Crippen LogP contribution in [-0.2, 0) is 33.3 Å². The van der Waals surface area contributed by atoms with Crippen molar-refractivity contribution in [1.29, 1.82) is 0 Å². The van der Waals surface area contributed by atoms with Crippen molar-refractivity contribution in [2.24, 2.45) is 0 Å². The number of ether oxygens (including phenoxy) is 4. The standard InChI is InChI=1S/C54H105NO8/c1-6-8-10-12-14-16-18-19-20-21-22-23-24-25-26-27-28-29-30-31-32-33-34-35-37-39-41-43-45-52(57)63-50(49-62-54(53(58)59)60-47-46-55(3,4)5)48-61-51(56)44-42-40-38-36-17-15-13-11-9-7-2/h50,54H,6-49H2,1-5H3/p+1. The van der Waals surface area contributed by atoms with Gasteiger partial charge in [0, 0.05) is 12.8 Å². The van der Waals surface area contributed by atoms with Crippen molar-refractivity contribution in [2.75, 3.05) is 47.5 Å². The van der Waals surface area contributed by atoms with Crippen LogP contribution in [0.5, 0.6) is 0 Å². The second-order valence-corrected chi connectivity index (χ2v) is 19.9. The van der Waals surface area contributed by atoms with Gasteiger partial charge < -0.3 is 28.5 Å². The van der Waals surface area contributed by atoms with Crippen LogP contribution in [-0.4, -0.2) is 87.4 Å². The molecule has 63 heavy (non-hydrogen) atoms. The van der Waals surface area contributed by atoms with Gasteiger partial charge in [-0.15, -0.1) is 0 Å². The van der Waals surface area contributed by atoms with E-state index in [1.807, 2.05) is 21.1 Å². The number of nitrogens with zero attached hydrogens (tertiary/aromatic N) is 1. The molecular formula is C54H106NO8+. The van der Waals surface area contributed by atoms with Crippen LogP contribution in [0.1, 0.15) is 271 Å². The summed E-state index contributed by atoms with van der Waals surface area (Å²) < 4.78 is 22.8. The molecule has 0 saturated carbocycles. The molecule has 0 amide bonds. The maximum Gasteiger partial charge on any atom is 0.361 e. The lowest BCUT2D eigenvalue weighted by Crippen LogP contribution is -2.40. The van der Waals surface area contributed by atoms with Crippen molar-refractivity contribution >= 4 is 17.9 Å². The molecule has 0 spiro atoms. The van der Waals surface area contributed by atoms with Gasteiger partial charge in [0.15, 0.2) is 6.10 Å². The number of unbranched alkanes of at least 4 members (excludes halogenated alkanes) is 36. The van der Waals surface area contributed by atoms with E-state index in [9.17, 15) is 19.5 Å². The first kappa shape index (κ1) is 61.3. The summed E-state index contributed by atoms with van der Waals surface area (Å²) in [4.78, 5) is 37.2. The highest BCUT2D eigenvalue weighted by Gasteiger charge is 2.25. The van der Waals surface area contributed by atoms with Crippen molar-refractivity contribution in [1.82, 2.24) is 0 Å². The van der Waals surface area contributed by atoms with Gasteiger partial charge in [0.2, 0.25) is 0 Å². The van der Waals surface area contributed by atoms with Crippen molar-refractivity contribution < 1.29 is 42.9 Å². The molecule has 0 aliphatic rings. The molecule has 0 aromatic carbocycles. The predicted molar refractivity (Wildman–Crippen MR) is 263 cm³/mol. The van der Waals surface area contributed by atoms with Crippen LogP contribution in [0.15, 0.2) is 0 Å². The molecule has 0 radical (unpaired) electrons. The Bertz CT molecular complexity index is 1000. The monoisotopic (exact) mass is 897 g/mol. The molecule has 0 rings (SSSR count). The van der Waals surface area contributed by atoms with E-state index in [1.54, 1.807) is 0 Å². The number of carbonyl (C=O) groups excluding carboxylic acids is 2. The lowest BCUT2D eigenvalue weighted by Gasteiger charge is -2.25. The highest BCUT2D eigenvalue weighted by molar-refractivity contribution is 5.71. The molecule has 0 saturated heterocycles. The van der Waals surface area contributed by atoms with E-state index in [2.05, 4.69) is 13.8 Å². The van der Waals surface area contributed by atoms with Crippen molar-refractivity contribution in [3.05, 3.63) is 0 Å². The average molecular weight is 897 g/mol. The molecule has 0 fully saturated rings. The van der Waals surface area contributed by atoms with Gasteiger partial charge in [0.1, 0.15) is 13.2 Å². The first-order valence-electron chi connectivity index (χ1n) is 27.2. The molecule has 0 aliphatic heterocycles. The minimum atomic E-state index is -1.50. The molecule has 0 aliphatic carbocycles. The van der Waals surface area contributed by atoms with E-state index >= 15 is 0 Å². The quantitative estimate of drug-likeness (QED) is 0.0278. The summed E-state index contributed by atoms with van der Waals surface area (Å²) in [5.41, 5.74) is 0. The van der Waals surface area contributed by atoms with Crippen LogP contribution in [0.4, 0.5) is 0 Å². The van der Waals surface area contributed by atoms with Gasteiger partial charge in [0.05, 0.1) is 34.4 Å². The third-order valence-electron chi connectivity index (χ3n) is 12.4. The molecule has 0 aromatic heterocycles. The zero-order chi connectivity index (χ0) is 46.3. The number of carboxylic acid groups (broad SMARTS) is 1. The second-order valence-electron chi connectivity index (χ2n) is 19.9. The number of rotatable bonds is 51. The largest absolute Gasteiger partial charge is 0.477 e. The number of hydrogen-bond donors (Lipinski definition) is 1. The Morgan fingerprint density at radius 3 is 1.02 bits per heavy atom. The lowest BCUT2D eigenvalue weighted by molar-refractivity contribution is -0.870. The van der Waals surface area contributed by atoms with Crippen LogP contribution in [0.3, 0.4) is 0 Å². The fourth-order valence-electron chi connectivity index (χ4n) is 8.13.